The van der Waals surface area contributed by atoms with E-state index in [0.29, 0.717) is 36.9 Å². The minimum Gasteiger partial charge on any atom is -0.495 e. The molecule has 0 unspecified atom stereocenters. The van der Waals surface area contributed by atoms with Crippen LogP contribution in [0.5, 0.6) is 10.9 Å². The van der Waals surface area contributed by atoms with Gasteiger partial charge in [0.15, 0.2) is 0 Å². The standard InChI is InChI=1S/C15H19N3O4S2/c1-11-3-4-13(21-2)14(9-11)24(19,20)18-7-5-12(6-8-18)22-15-17-16-10-23-15/h3-4,9-10,12H,5-8H2,1-2H3. The molecule has 1 aromatic carbocycles. The van der Waals surface area contributed by atoms with Gasteiger partial charge in [-0.25, -0.2) is 8.42 Å². The SMILES string of the molecule is COc1ccc(C)cc1S(=O)(=O)N1CCC(Oc2nncs2)CC1. The Bertz CT molecular complexity index is 785. The molecule has 7 nitrogen and oxygen atoms in total. The molecule has 0 amide bonds. The largest absolute Gasteiger partial charge is 0.495 e. The van der Waals surface area contributed by atoms with E-state index in [2.05, 4.69) is 10.2 Å². The van der Waals surface area contributed by atoms with Crippen LogP contribution in [0.15, 0.2) is 28.6 Å². The second-order valence-corrected chi connectivity index (χ2v) is 8.28. The summed E-state index contributed by atoms with van der Waals surface area (Å²) in [6.07, 6.45) is 1.20. The number of benzene rings is 1. The van der Waals surface area contributed by atoms with Gasteiger partial charge in [0.25, 0.3) is 5.19 Å². The molecule has 24 heavy (non-hydrogen) atoms. The van der Waals surface area contributed by atoms with Crippen molar-refractivity contribution in [1.82, 2.24) is 14.5 Å². The Balaban J connectivity index is 1.72. The second-order valence-electron chi connectivity index (χ2n) is 5.58. The molecule has 0 saturated carbocycles. The predicted molar refractivity (Wildman–Crippen MR) is 90.0 cm³/mol. The number of nitrogens with zero attached hydrogens (tertiary/aromatic N) is 3. The van der Waals surface area contributed by atoms with Crippen LogP contribution in [-0.4, -0.2) is 49.2 Å². The summed E-state index contributed by atoms with van der Waals surface area (Å²) >= 11 is 1.33. The van der Waals surface area contributed by atoms with E-state index < -0.39 is 10.0 Å². The highest BCUT2D eigenvalue weighted by atomic mass is 32.2. The zero-order chi connectivity index (χ0) is 17.2. The lowest BCUT2D eigenvalue weighted by molar-refractivity contribution is 0.133. The van der Waals surface area contributed by atoms with E-state index in [9.17, 15) is 8.42 Å². The normalized spacial score (nSPS) is 16.9. The van der Waals surface area contributed by atoms with Crippen LogP contribution in [-0.2, 0) is 10.0 Å². The third-order valence-corrected chi connectivity index (χ3v) is 6.44. The minimum absolute atomic E-state index is 0.0381. The second kappa shape index (κ2) is 7.04. The van der Waals surface area contributed by atoms with Gasteiger partial charge in [-0.1, -0.05) is 17.4 Å². The first-order valence-electron chi connectivity index (χ1n) is 7.58. The summed E-state index contributed by atoms with van der Waals surface area (Å²) in [5, 5.41) is 8.11. The average molecular weight is 369 g/mol. The first kappa shape index (κ1) is 17.1. The number of sulfonamides is 1. The number of aromatic nitrogens is 2. The number of piperidine rings is 1. The van der Waals surface area contributed by atoms with Crippen LogP contribution < -0.4 is 9.47 Å². The highest BCUT2D eigenvalue weighted by molar-refractivity contribution is 7.89. The Kier molecular flexibility index (Phi) is 5.02. The molecule has 3 rings (SSSR count). The topological polar surface area (TPSA) is 81.6 Å². The first-order chi connectivity index (χ1) is 11.5. The van der Waals surface area contributed by atoms with E-state index in [-0.39, 0.29) is 11.0 Å². The van der Waals surface area contributed by atoms with Gasteiger partial charge in [-0.3, -0.25) is 0 Å². The van der Waals surface area contributed by atoms with Gasteiger partial charge in [0.05, 0.1) is 7.11 Å². The average Bonchev–Trinajstić information content (AvgIpc) is 3.08. The molecule has 0 atom stereocenters. The van der Waals surface area contributed by atoms with Gasteiger partial charge >= 0.3 is 0 Å². The van der Waals surface area contributed by atoms with Gasteiger partial charge in [0.2, 0.25) is 10.0 Å². The maximum absolute atomic E-state index is 12.9. The number of hydrogen-bond acceptors (Lipinski definition) is 7. The summed E-state index contributed by atoms with van der Waals surface area (Å²) in [7, 11) is -2.11. The van der Waals surface area contributed by atoms with Crippen molar-refractivity contribution in [2.75, 3.05) is 20.2 Å². The summed E-state index contributed by atoms with van der Waals surface area (Å²) in [4.78, 5) is 0.216. The van der Waals surface area contributed by atoms with E-state index in [4.69, 9.17) is 9.47 Å². The van der Waals surface area contributed by atoms with Crippen molar-refractivity contribution < 1.29 is 17.9 Å². The van der Waals surface area contributed by atoms with Crippen molar-refractivity contribution in [3.63, 3.8) is 0 Å². The van der Waals surface area contributed by atoms with Crippen LogP contribution in [0.1, 0.15) is 18.4 Å². The fourth-order valence-corrected chi connectivity index (χ4v) is 4.85. The van der Waals surface area contributed by atoms with E-state index in [0.717, 1.165) is 5.56 Å². The summed E-state index contributed by atoms with van der Waals surface area (Å²) in [5.41, 5.74) is 2.49. The molecule has 130 valence electrons. The van der Waals surface area contributed by atoms with Gasteiger partial charge in [0.1, 0.15) is 22.3 Å². The van der Waals surface area contributed by atoms with Crippen molar-refractivity contribution in [3.05, 3.63) is 29.3 Å². The number of hydrogen-bond donors (Lipinski definition) is 0. The molecule has 1 aliphatic heterocycles. The molecule has 0 radical (unpaired) electrons. The van der Waals surface area contributed by atoms with Gasteiger partial charge in [-0.15, -0.1) is 10.2 Å². The van der Waals surface area contributed by atoms with Crippen molar-refractivity contribution in [1.29, 1.82) is 0 Å². The quantitative estimate of drug-likeness (QED) is 0.803. The molecule has 0 aliphatic carbocycles. The lowest BCUT2D eigenvalue weighted by Gasteiger charge is -2.31. The molecule has 0 spiro atoms. The van der Waals surface area contributed by atoms with Crippen LogP contribution in [0.3, 0.4) is 0 Å². The molecular weight excluding hydrogens is 350 g/mol. The molecular formula is C15H19N3O4S2. The van der Waals surface area contributed by atoms with Crippen LogP contribution in [0.25, 0.3) is 0 Å². The summed E-state index contributed by atoms with van der Waals surface area (Å²) in [6.45, 7) is 2.67. The lowest BCUT2D eigenvalue weighted by atomic mass is 10.1. The van der Waals surface area contributed by atoms with E-state index in [1.165, 1.54) is 22.8 Å². The van der Waals surface area contributed by atoms with Crippen molar-refractivity contribution in [3.8, 4) is 10.9 Å². The smallest absolute Gasteiger partial charge is 0.294 e. The van der Waals surface area contributed by atoms with Crippen LogP contribution >= 0.6 is 11.3 Å². The molecule has 0 bridgehead atoms. The van der Waals surface area contributed by atoms with Gasteiger partial charge in [-0.2, -0.15) is 4.31 Å². The van der Waals surface area contributed by atoms with Crippen LogP contribution in [0, 0.1) is 6.92 Å². The van der Waals surface area contributed by atoms with Gasteiger partial charge < -0.3 is 9.47 Å². The Morgan fingerprint density at radius 3 is 2.67 bits per heavy atom. The van der Waals surface area contributed by atoms with E-state index in [1.54, 1.807) is 17.6 Å². The highest BCUT2D eigenvalue weighted by Crippen LogP contribution is 2.30. The molecule has 2 aromatic rings. The maximum Gasteiger partial charge on any atom is 0.294 e. The van der Waals surface area contributed by atoms with Gasteiger partial charge in [0, 0.05) is 13.1 Å². The lowest BCUT2D eigenvalue weighted by Crippen LogP contribution is -2.41. The third-order valence-electron chi connectivity index (χ3n) is 3.95. The Morgan fingerprint density at radius 1 is 1.29 bits per heavy atom. The van der Waals surface area contributed by atoms with Crippen LogP contribution in [0.4, 0.5) is 0 Å². The summed E-state index contributed by atoms with van der Waals surface area (Å²) in [6, 6.07) is 5.17. The zero-order valence-electron chi connectivity index (χ0n) is 13.5. The van der Waals surface area contributed by atoms with Crippen molar-refractivity contribution >= 4 is 21.4 Å². The Hall–Kier alpha value is -1.71. The molecule has 1 fully saturated rings. The molecule has 9 heteroatoms. The first-order valence-corrected chi connectivity index (χ1v) is 9.90. The molecule has 1 saturated heterocycles. The summed E-state index contributed by atoms with van der Waals surface area (Å²) < 4.78 is 38.3. The fourth-order valence-electron chi connectivity index (χ4n) is 2.67. The van der Waals surface area contributed by atoms with Gasteiger partial charge in [-0.05, 0) is 37.5 Å². The zero-order valence-corrected chi connectivity index (χ0v) is 15.1. The van der Waals surface area contributed by atoms with E-state index in [1.807, 2.05) is 13.0 Å². The van der Waals surface area contributed by atoms with Crippen molar-refractivity contribution in [2.45, 2.75) is 30.8 Å². The maximum atomic E-state index is 12.9. The number of methoxy groups -OCH3 is 1. The van der Waals surface area contributed by atoms with Crippen LogP contribution in [0.2, 0.25) is 0 Å². The summed E-state index contributed by atoms with van der Waals surface area (Å²) in [5.74, 6) is 0.368. The minimum atomic E-state index is -3.59. The molecule has 1 aromatic heterocycles. The highest BCUT2D eigenvalue weighted by Gasteiger charge is 2.32. The third kappa shape index (κ3) is 3.52. The van der Waals surface area contributed by atoms with E-state index >= 15 is 0 Å². The fraction of sp³-hybridized carbons (Fsp3) is 0.467. The number of rotatable bonds is 5. The molecule has 1 aliphatic rings. The molecule has 2 heterocycles. The predicted octanol–water partition coefficient (Wildman–Crippen LogP) is 2.09. The molecule has 0 N–H and O–H groups in total. The monoisotopic (exact) mass is 369 g/mol. The van der Waals surface area contributed by atoms with Crippen molar-refractivity contribution in [2.24, 2.45) is 0 Å². The Morgan fingerprint density at radius 2 is 2.04 bits per heavy atom. The number of aryl methyl sites for hydroxylation is 1. The Labute approximate surface area is 145 Å². The number of ether oxygens (including phenoxy) is 2.